The first-order valence-corrected chi connectivity index (χ1v) is 4.95. The molecule has 0 amide bonds. The third kappa shape index (κ3) is 2.98. The smallest absolute Gasteiger partial charge is 0.217 e. The summed E-state index contributed by atoms with van der Waals surface area (Å²) in [4.78, 5) is 11.3. The summed E-state index contributed by atoms with van der Waals surface area (Å²) in [6, 6.07) is 5.15. The molecule has 0 unspecified atom stereocenters. The van der Waals surface area contributed by atoms with E-state index in [1.807, 2.05) is 18.3 Å². The van der Waals surface area contributed by atoms with E-state index in [-0.39, 0.29) is 0 Å². The van der Waals surface area contributed by atoms with Crippen LogP contribution in [0.3, 0.4) is 0 Å². The Labute approximate surface area is 92.6 Å². The first-order valence-electron chi connectivity index (χ1n) is 4.95. The summed E-state index contributed by atoms with van der Waals surface area (Å²) in [5.41, 5.74) is 1.13. The number of hydrogen-bond acceptors (Lipinski definition) is 4. The molecule has 0 fully saturated rings. The van der Waals surface area contributed by atoms with Gasteiger partial charge in [-0.1, -0.05) is 6.07 Å². The number of pyridine rings is 1. The van der Waals surface area contributed by atoms with Crippen molar-refractivity contribution in [3.63, 3.8) is 0 Å². The Morgan fingerprint density at radius 2 is 2.25 bits per heavy atom. The molecule has 0 aromatic carbocycles. The van der Waals surface area contributed by atoms with Crippen LogP contribution in [0.1, 0.15) is 5.56 Å². The van der Waals surface area contributed by atoms with E-state index >= 15 is 0 Å². The maximum atomic E-state index is 12.7. The molecule has 0 aliphatic rings. The molecule has 0 bridgehead atoms. The molecule has 2 heterocycles. The molecule has 2 aromatic heterocycles. The fourth-order valence-corrected chi connectivity index (χ4v) is 1.31. The van der Waals surface area contributed by atoms with Crippen molar-refractivity contribution in [2.45, 2.75) is 6.42 Å². The van der Waals surface area contributed by atoms with Crippen molar-refractivity contribution in [1.82, 2.24) is 15.0 Å². The van der Waals surface area contributed by atoms with Crippen LogP contribution < -0.4 is 5.32 Å². The van der Waals surface area contributed by atoms with Crippen molar-refractivity contribution in [1.29, 1.82) is 0 Å². The Morgan fingerprint density at radius 3 is 3.00 bits per heavy atom. The van der Waals surface area contributed by atoms with Gasteiger partial charge in [0.05, 0.1) is 0 Å². The molecule has 1 N–H and O–H groups in total. The van der Waals surface area contributed by atoms with Crippen molar-refractivity contribution in [2.75, 3.05) is 11.9 Å². The zero-order chi connectivity index (χ0) is 11.2. The minimum absolute atomic E-state index is 0.497. The predicted molar refractivity (Wildman–Crippen MR) is 58.4 cm³/mol. The first-order chi connectivity index (χ1) is 7.84. The third-order valence-corrected chi connectivity index (χ3v) is 2.08. The quantitative estimate of drug-likeness (QED) is 0.793. The molecule has 4 nitrogen and oxygen atoms in total. The molecule has 0 radical (unpaired) electrons. The molecular formula is C11H11FN4. The lowest BCUT2D eigenvalue weighted by atomic mass is 10.2. The highest BCUT2D eigenvalue weighted by Crippen LogP contribution is 2.03. The number of aromatic nitrogens is 3. The highest BCUT2D eigenvalue weighted by atomic mass is 19.1. The lowest BCUT2D eigenvalue weighted by molar-refractivity contribution is 0.580. The summed E-state index contributed by atoms with van der Waals surface area (Å²) in [6.07, 6.45) is 5.56. The van der Waals surface area contributed by atoms with Gasteiger partial charge in [-0.25, -0.2) is 9.97 Å². The van der Waals surface area contributed by atoms with Crippen LogP contribution in [0.5, 0.6) is 0 Å². The predicted octanol–water partition coefficient (Wildman–Crippen LogP) is 1.67. The molecule has 0 spiro atoms. The fourth-order valence-electron chi connectivity index (χ4n) is 1.31. The van der Waals surface area contributed by atoms with Gasteiger partial charge in [0.15, 0.2) is 0 Å². The number of nitrogens with zero attached hydrogens (tertiary/aromatic N) is 3. The van der Waals surface area contributed by atoms with Gasteiger partial charge in [-0.05, 0) is 18.1 Å². The van der Waals surface area contributed by atoms with Crippen molar-refractivity contribution in [2.24, 2.45) is 0 Å². The molecule has 0 saturated carbocycles. The maximum Gasteiger partial charge on any atom is 0.217 e. The van der Waals surface area contributed by atoms with Gasteiger partial charge < -0.3 is 5.32 Å². The average Bonchev–Trinajstić information content (AvgIpc) is 2.30. The van der Waals surface area contributed by atoms with Crippen molar-refractivity contribution in [3.05, 3.63) is 48.4 Å². The summed E-state index contributed by atoms with van der Waals surface area (Å²) < 4.78 is 12.7. The normalized spacial score (nSPS) is 10.1. The van der Waals surface area contributed by atoms with Crippen LogP contribution in [0.2, 0.25) is 0 Å². The van der Waals surface area contributed by atoms with Crippen LogP contribution in [0.4, 0.5) is 10.2 Å². The highest BCUT2D eigenvalue weighted by molar-refractivity contribution is 5.32. The number of halogens is 1. The second-order valence-corrected chi connectivity index (χ2v) is 3.26. The minimum Gasteiger partial charge on any atom is -0.370 e. The Hall–Kier alpha value is -2.04. The van der Waals surface area contributed by atoms with E-state index in [1.165, 1.54) is 12.4 Å². The van der Waals surface area contributed by atoms with Gasteiger partial charge in [0, 0.05) is 25.0 Å². The van der Waals surface area contributed by atoms with E-state index in [4.69, 9.17) is 0 Å². The van der Waals surface area contributed by atoms with Crippen molar-refractivity contribution >= 4 is 5.82 Å². The average molecular weight is 218 g/mol. The van der Waals surface area contributed by atoms with Gasteiger partial charge in [-0.15, -0.1) is 0 Å². The molecule has 82 valence electrons. The summed E-state index contributed by atoms with van der Waals surface area (Å²) >= 11 is 0. The van der Waals surface area contributed by atoms with E-state index in [0.29, 0.717) is 12.4 Å². The van der Waals surface area contributed by atoms with Crippen LogP contribution in [-0.4, -0.2) is 21.5 Å². The van der Waals surface area contributed by atoms with E-state index < -0.39 is 5.95 Å². The zero-order valence-electron chi connectivity index (χ0n) is 8.60. The number of nitrogens with one attached hydrogen (secondary N) is 1. The second kappa shape index (κ2) is 5.16. The van der Waals surface area contributed by atoms with Crippen LogP contribution in [0, 0.1) is 5.95 Å². The van der Waals surface area contributed by atoms with Crippen LogP contribution >= 0.6 is 0 Å². The fraction of sp³-hybridized carbons (Fsp3) is 0.182. The van der Waals surface area contributed by atoms with Crippen molar-refractivity contribution < 1.29 is 4.39 Å². The monoisotopic (exact) mass is 218 g/mol. The second-order valence-electron chi connectivity index (χ2n) is 3.26. The SMILES string of the molecule is Fc1cc(NCCc2cccnc2)ncn1. The molecule has 16 heavy (non-hydrogen) atoms. The summed E-state index contributed by atoms with van der Waals surface area (Å²) in [5.74, 6) is -0.0322. The van der Waals surface area contributed by atoms with E-state index in [2.05, 4.69) is 20.3 Å². The number of anilines is 1. The summed E-state index contributed by atoms with van der Waals surface area (Å²) in [6.45, 7) is 0.683. The van der Waals surface area contributed by atoms with E-state index in [0.717, 1.165) is 12.0 Å². The Kier molecular flexibility index (Phi) is 3.38. The van der Waals surface area contributed by atoms with Gasteiger partial charge in [0.25, 0.3) is 0 Å². The van der Waals surface area contributed by atoms with E-state index in [9.17, 15) is 4.39 Å². The molecule has 0 atom stereocenters. The van der Waals surface area contributed by atoms with Gasteiger partial charge in [-0.2, -0.15) is 4.39 Å². The van der Waals surface area contributed by atoms with Crippen LogP contribution in [0.15, 0.2) is 36.9 Å². The molecule has 0 aliphatic carbocycles. The van der Waals surface area contributed by atoms with Crippen molar-refractivity contribution in [3.8, 4) is 0 Å². The molecule has 2 aromatic rings. The highest BCUT2D eigenvalue weighted by Gasteiger charge is 1.97. The lowest BCUT2D eigenvalue weighted by Crippen LogP contribution is -2.06. The molecular weight excluding hydrogens is 207 g/mol. The van der Waals surface area contributed by atoms with Gasteiger partial charge in [-0.3, -0.25) is 4.98 Å². The zero-order valence-corrected chi connectivity index (χ0v) is 8.60. The molecule has 0 aliphatic heterocycles. The van der Waals surface area contributed by atoms with Crippen LogP contribution in [-0.2, 0) is 6.42 Å². The first kappa shape index (κ1) is 10.5. The van der Waals surface area contributed by atoms with Crippen LogP contribution in [0.25, 0.3) is 0 Å². The minimum atomic E-state index is -0.529. The maximum absolute atomic E-state index is 12.7. The molecule has 0 saturated heterocycles. The third-order valence-electron chi connectivity index (χ3n) is 2.08. The van der Waals surface area contributed by atoms with Gasteiger partial charge >= 0.3 is 0 Å². The Balaban J connectivity index is 1.85. The molecule has 5 heteroatoms. The van der Waals surface area contributed by atoms with Gasteiger partial charge in [0.1, 0.15) is 12.1 Å². The molecule has 2 rings (SSSR count). The van der Waals surface area contributed by atoms with Gasteiger partial charge in [0.2, 0.25) is 5.95 Å². The Bertz CT molecular complexity index is 447. The summed E-state index contributed by atoms with van der Waals surface area (Å²) in [7, 11) is 0. The standard InChI is InChI=1S/C11H11FN4/c12-10-6-11(16-8-15-10)14-5-3-9-2-1-4-13-7-9/h1-2,4,6-8H,3,5H2,(H,14,15,16). The summed E-state index contributed by atoms with van der Waals surface area (Å²) in [5, 5.41) is 3.02. The largest absolute Gasteiger partial charge is 0.370 e. The lowest BCUT2D eigenvalue weighted by Gasteiger charge is -2.04. The Morgan fingerprint density at radius 1 is 1.31 bits per heavy atom. The topological polar surface area (TPSA) is 50.7 Å². The van der Waals surface area contributed by atoms with E-state index in [1.54, 1.807) is 6.20 Å². The number of rotatable bonds is 4. The number of hydrogen-bond donors (Lipinski definition) is 1.